The van der Waals surface area contributed by atoms with Crippen molar-refractivity contribution in [3.05, 3.63) is 0 Å². The molecule has 34 heavy (non-hydrogen) atoms. The lowest BCUT2D eigenvalue weighted by Gasteiger charge is -2.59. The van der Waals surface area contributed by atoms with E-state index in [1.165, 1.54) is 32.1 Å². The lowest BCUT2D eigenvalue weighted by molar-refractivity contribution is -0.576. The van der Waals surface area contributed by atoms with Gasteiger partial charge in [-0.3, -0.25) is 9.59 Å². The molecule has 4 heterocycles. The molecule has 8 atom stereocenters. The van der Waals surface area contributed by atoms with Gasteiger partial charge in [0.25, 0.3) is 0 Å². The monoisotopic (exact) mass is 479 g/mol. The zero-order valence-corrected chi connectivity index (χ0v) is 20.9. The van der Waals surface area contributed by atoms with Crippen molar-refractivity contribution in [3.8, 4) is 0 Å². The van der Waals surface area contributed by atoms with Gasteiger partial charge in [-0.2, -0.15) is 0 Å². The highest BCUT2D eigenvalue weighted by Gasteiger charge is 2.69. The number of ether oxygens (including phenoxy) is 3. The minimum absolute atomic E-state index is 0.0431. The van der Waals surface area contributed by atoms with Crippen LogP contribution >= 0.6 is 0 Å². The van der Waals surface area contributed by atoms with E-state index in [-0.39, 0.29) is 36.5 Å². The second-order valence-corrected chi connectivity index (χ2v) is 11.6. The molecule has 192 valence electrons. The fourth-order valence-electron chi connectivity index (χ4n) is 7.15. The van der Waals surface area contributed by atoms with Crippen LogP contribution < -0.4 is 5.32 Å². The third kappa shape index (κ3) is 4.51. The Bertz CT molecular complexity index is 770. The van der Waals surface area contributed by atoms with E-state index in [0.717, 1.165) is 25.7 Å². The molecule has 8 heteroatoms. The fourth-order valence-corrected chi connectivity index (χ4v) is 7.15. The maximum atomic E-state index is 12.7. The number of carbonyl (C=O) groups is 2. The van der Waals surface area contributed by atoms with Gasteiger partial charge in [-0.15, -0.1) is 0 Å². The van der Waals surface area contributed by atoms with E-state index in [1.54, 1.807) is 0 Å². The van der Waals surface area contributed by atoms with Gasteiger partial charge >= 0.3 is 5.97 Å². The van der Waals surface area contributed by atoms with Gasteiger partial charge in [0, 0.05) is 31.2 Å². The first-order valence-electron chi connectivity index (χ1n) is 13.5. The normalized spacial score (nSPS) is 44.1. The van der Waals surface area contributed by atoms with Gasteiger partial charge in [0.1, 0.15) is 0 Å². The molecule has 0 aromatic carbocycles. The Balaban J connectivity index is 1.18. The van der Waals surface area contributed by atoms with Crippen LogP contribution in [0.2, 0.25) is 0 Å². The molecule has 1 N–H and O–H groups in total. The number of nitrogens with one attached hydrogen (secondary N) is 1. The Labute approximate surface area is 202 Å². The number of fused-ring (bicyclic) bond motifs is 2. The summed E-state index contributed by atoms with van der Waals surface area (Å²) < 4.78 is 18.4. The van der Waals surface area contributed by atoms with Gasteiger partial charge in [-0.1, -0.05) is 33.1 Å². The molecular weight excluding hydrogens is 438 g/mol. The van der Waals surface area contributed by atoms with Crippen LogP contribution in [-0.4, -0.2) is 42.4 Å². The molecule has 4 saturated heterocycles. The van der Waals surface area contributed by atoms with Crippen molar-refractivity contribution >= 4 is 11.9 Å². The molecule has 4 aliphatic heterocycles. The van der Waals surface area contributed by atoms with Crippen molar-refractivity contribution in [1.82, 2.24) is 5.32 Å². The van der Waals surface area contributed by atoms with Crippen molar-refractivity contribution in [2.24, 2.45) is 29.6 Å². The molecule has 0 unspecified atom stereocenters. The zero-order valence-electron chi connectivity index (χ0n) is 20.9. The third-order valence-electron chi connectivity index (χ3n) is 9.21. The summed E-state index contributed by atoms with van der Waals surface area (Å²) in [5.41, 5.74) is -0.672. The molecule has 6 fully saturated rings. The van der Waals surface area contributed by atoms with E-state index in [9.17, 15) is 9.59 Å². The van der Waals surface area contributed by atoms with Crippen LogP contribution in [0.3, 0.4) is 0 Å². The number of hydrogen-bond donors (Lipinski definition) is 1. The van der Waals surface area contributed by atoms with Crippen molar-refractivity contribution in [3.63, 3.8) is 0 Å². The predicted octanol–water partition coefficient (Wildman–Crippen LogP) is 4.21. The lowest BCUT2D eigenvalue weighted by Crippen LogP contribution is -2.70. The maximum Gasteiger partial charge on any atom is 0.308 e. The summed E-state index contributed by atoms with van der Waals surface area (Å²) in [6, 6.07) is 0. The highest BCUT2D eigenvalue weighted by Crippen LogP contribution is 2.60. The first-order chi connectivity index (χ1) is 16.3. The number of esters is 1. The number of hydrogen-bond acceptors (Lipinski definition) is 7. The highest BCUT2D eigenvalue weighted by atomic mass is 17.3. The van der Waals surface area contributed by atoms with E-state index in [4.69, 9.17) is 24.0 Å². The van der Waals surface area contributed by atoms with E-state index in [2.05, 4.69) is 19.2 Å². The van der Waals surface area contributed by atoms with Gasteiger partial charge in [-0.25, -0.2) is 9.78 Å². The molecule has 1 spiro atoms. The quantitative estimate of drug-likeness (QED) is 0.450. The summed E-state index contributed by atoms with van der Waals surface area (Å²) in [5, 5.41) is 2.99. The summed E-state index contributed by atoms with van der Waals surface area (Å²) in [7, 11) is 0. The Morgan fingerprint density at radius 2 is 1.76 bits per heavy atom. The van der Waals surface area contributed by atoms with E-state index in [1.807, 2.05) is 6.92 Å². The molecule has 2 bridgehead atoms. The molecule has 0 radical (unpaired) electrons. The third-order valence-corrected chi connectivity index (χ3v) is 9.21. The Hall–Kier alpha value is -1.22. The smallest absolute Gasteiger partial charge is 0.308 e. The molecule has 6 aliphatic rings. The van der Waals surface area contributed by atoms with E-state index >= 15 is 0 Å². The van der Waals surface area contributed by atoms with Crippen LogP contribution in [0, 0.1) is 29.6 Å². The first-order valence-corrected chi connectivity index (χ1v) is 13.5. The maximum absolute atomic E-state index is 12.7. The summed E-state index contributed by atoms with van der Waals surface area (Å²) in [6.45, 7) is 6.91. The van der Waals surface area contributed by atoms with Crippen LogP contribution in [0.5, 0.6) is 0 Å². The predicted molar refractivity (Wildman–Crippen MR) is 122 cm³/mol. The molecule has 1 amide bonds. The number of amides is 1. The van der Waals surface area contributed by atoms with Crippen molar-refractivity contribution in [2.45, 2.75) is 115 Å². The van der Waals surface area contributed by atoms with Gasteiger partial charge < -0.3 is 19.5 Å². The molecular formula is C26H41NO7. The Morgan fingerprint density at radius 3 is 2.56 bits per heavy atom. The highest BCUT2D eigenvalue weighted by molar-refractivity contribution is 5.81. The molecule has 2 saturated carbocycles. The SMILES string of the molecule is C[C@H]1[C@H](OC(=O)CCC(=O)NCC2CCCCC2)O[C@@H]2O[C@@]3(C)CC[C@H]4[C@H](C)CC[C@@H]1[C@@]24OO3. The summed E-state index contributed by atoms with van der Waals surface area (Å²) in [6.07, 6.45) is 8.70. The largest absolute Gasteiger partial charge is 0.435 e. The minimum atomic E-state index is -0.858. The first kappa shape index (κ1) is 24.5. The Kier molecular flexibility index (Phi) is 6.97. The lowest BCUT2D eigenvalue weighted by atomic mass is 9.58. The van der Waals surface area contributed by atoms with Crippen molar-refractivity contribution < 1.29 is 33.6 Å². The molecule has 8 nitrogen and oxygen atoms in total. The minimum Gasteiger partial charge on any atom is -0.435 e. The molecule has 6 rings (SSSR count). The van der Waals surface area contributed by atoms with Gasteiger partial charge in [-0.05, 0) is 56.8 Å². The molecule has 0 aromatic rings. The van der Waals surface area contributed by atoms with Gasteiger partial charge in [0.05, 0.1) is 6.42 Å². The van der Waals surface area contributed by atoms with Crippen LogP contribution in [0.1, 0.15) is 91.4 Å². The average Bonchev–Trinajstić information content (AvgIpc) is 3.06. The van der Waals surface area contributed by atoms with Gasteiger partial charge in [0.15, 0.2) is 11.9 Å². The van der Waals surface area contributed by atoms with E-state index < -0.39 is 29.9 Å². The van der Waals surface area contributed by atoms with Crippen LogP contribution in [0.15, 0.2) is 0 Å². The number of rotatable bonds is 6. The van der Waals surface area contributed by atoms with Crippen molar-refractivity contribution in [2.75, 3.05) is 6.54 Å². The fraction of sp³-hybridized carbons (Fsp3) is 0.923. The summed E-state index contributed by atoms with van der Waals surface area (Å²) >= 11 is 0. The van der Waals surface area contributed by atoms with Crippen LogP contribution in [-0.2, 0) is 33.6 Å². The van der Waals surface area contributed by atoms with Crippen molar-refractivity contribution in [1.29, 1.82) is 0 Å². The topological polar surface area (TPSA) is 92.3 Å². The second kappa shape index (κ2) is 9.68. The molecule has 2 aliphatic carbocycles. The summed E-state index contributed by atoms with van der Waals surface area (Å²) in [4.78, 5) is 36.9. The second-order valence-electron chi connectivity index (χ2n) is 11.6. The van der Waals surface area contributed by atoms with Crippen LogP contribution in [0.4, 0.5) is 0 Å². The zero-order chi connectivity index (χ0) is 23.9. The van der Waals surface area contributed by atoms with Crippen LogP contribution in [0.25, 0.3) is 0 Å². The standard InChI is InChI=1S/C26H41NO7/c1-16-9-10-20-17(2)23(31-24-26(20)19(16)13-14-25(3,32-24)33-34-26)30-22(29)12-11-21(28)27-15-18-7-5-4-6-8-18/h16-20,23-24H,4-15H2,1-3H3,(H,27,28)/t16-,17-,19+,20+,23-,24-,25-,26-/m1/s1. The Morgan fingerprint density at radius 1 is 0.971 bits per heavy atom. The molecule has 0 aromatic heterocycles. The van der Waals surface area contributed by atoms with E-state index in [0.29, 0.717) is 18.4 Å². The average molecular weight is 480 g/mol. The summed E-state index contributed by atoms with van der Waals surface area (Å²) in [5.74, 6) is -0.00556. The number of carbonyl (C=O) groups excluding carboxylic acids is 2. The van der Waals surface area contributed by atoms with Gasteiger partial charge in [0.2, 0.25) is 18.0 Å².